The first-order chi connectivity index (χ1) is 24.3. The van der Waals surface area contributed by atoms with Gasteiger partial charge in [0, 0.05) is 86.9 Å². The molecule has 0 aromatic heterocycles. The summed E-state index contributed by atoms with van der Waals surface area (Å²) in [6.45, 7) is 20.6. The van der Waals surface area contributed by atoms with Crippen molar-refractivity contribution in [3.05, 3.63) is 24.3 Å². The molecule has 55 heavy (non-hydrogen) atoms. The molecule has 0 saturated heterocycles. The van der Waals surface area contributed by atoms with Gasteiger partial charge in [-0.05, 0) is 12.8 Å². The van der Waals surface area contributed by atoms with Gasteiger partial charge in [-0.25, -0.2) is 0 Å². The van der Waals surface area contributed by atoms with Gasteiger partial charge in [0.05, 0.1) is 26.3 Å². The van der Waals surface area contributed by atoms with Gasteiger partial charge in [-0.15, -0.1) is 0 Å². The van der Waals surface area contributed by atoms with Gasteiger partial charge in [0.25, 0.3) is 23.6 Å². The highest BCUT2D eigenvalue weighted by molar-refractivity contribution is 6.15. The van der Waals surface area contributed by atoms with Gasteiger partial charge < -0.3 is 9.47 Å². The molecule has 2 aliphatic rings. The largest absolute Gasteiger partial charge is 0.381 e. The number of amides is 4. The fraction of sp³-hybridized carbons (Fsp3) is 0.690. The number of carbonyl (C=O) groups excluding carboxylic acids is 9. The van der Waals surface area contributed by atoms with E-state index < -0.39 is 23.6 Å². The minimum atomic E-state index is -0.447. The van der Waals surface area contributed by atoms with Gasteiger partial charge in [0.15, 0.2) is 11.6 Å². The van der Waals surface area contributed by atoms with Crippen molar-refractivity contribution in [1.29, 1.82) is 0 Å². The topological polar surface area (TPSA) is 179 Å². The number of hydrogen-bond donors (Lipinski definition) is 0. The molecule has 318 valence electrons. The molecule has 0 aromatic rings. The molecule has 0 atom stereocenters. The number of ether oxygens (including phenoxy) is 2. The molecule has 0 N–H and O–H groups in total. The number of nitrogens with zero attached hydrogens (tertiary/aromatic N) is 2. The zero-order chi connectivity index (χ0) is 40.4. The minimum absolute atomic E-state index is 0. The summed E-state index contributed by atoms with van der Waals surface area (Å²) in [4.78, 5) is 102. The van der Waals surface area contributed by atoms with E-state index in [1.165, 1.54) is 12.2 Å². The predicted molar refractivity (Wildman–Crippen MR) is 217 cm³/mol. The van der Waals surface area contributed by atoms with E-state index in [1.54, 1.807) is 13.8 Å². The van der Waals surface area contributed by atoms with E-state index in [0.29, 0.717) is 57.1 Å². The molecule has 0 saturated carbocycles. The summed E-state index contributed by atoms with van der Waals surface area (Å²) in [6.07, 6.45) is 8.08. The highest BCUT2D eigenvalue weighted by Crippen LogP contribution is 2.07. The third-order valence-corrected chi connectivity index (χ3v) is 7.45. The van der Waals surface area contributed by atoms with E-state index in [4.69, 9.17) is 9.47 Å². The fourth-order valence-electron chi connectivity index (χ4n) is 3.82. The molecule has 2 aliphatic heterocycles. The van der Waals surface area contributed by atoms with Crippen LogP contribution in [-0.2, 0) is 52.6 Å². The van der Waals surface area contributed by atoms with Crippen molar-refractivity contribution < 1.29 is 52.6 Å². The maximum atomic E-state index is 11.6. The lowest BCUT2D eigenvalue weighted by molar-refractivity contribution is -0.141. The summed E-state index contributed by atoms with van der Waals surface area (Å²) in [5.41, 5.74) is 0. The molecule has 0 aliphatic carbocycles. The van der Waals surface area contributed by atoms with E-state index in [0.717, 1.165) is 35.0 Å². The lowest BCUT2D eigenvalue weighted by Gasteiger charge is -2.13. The highest BCUT2D eigenvalue weighted by Gasteiger charge is 2.26. The van der Waals surface area contributed by atoms with E-state index >= 15 is 0 Å². The maximum absolute atomic E-state index is 11.6. The standard InChI is InChI=1S/C15H21NO5.C9H11NO3.C9H18O2.C6H12O.3CH4/c1-11(2)13(18)7-9-21-8-3-4-12(17)10-16-14(19)5-6-15(16)20;1-6(2)7(11)5-10-8(12)3-4-9(10)13;1-4-6-11-7-5-9(10)8(2)3;1-4-6(7)5(2)3;;;/h5-6,11H,3-4,7-10H2,1-2H3;3-4,6H,5H2,1-2H3;8H,4-7H2,1-3H3;5H,4H2,1-3H3;3*1H4. The van der Waals surface area contributed by atoms with Crippen molar-refractivity contribution >= 4 is 52.5 Å². The van der Waals surface area contributed by atoms with Crippen LogP contribution in [0.4, 0.5) is 0 Å². The van der Waals surface area contributed by atoms with E-state index in [9.17, 15) is 43.2 Å². The smallest absolute Gasteiger partial charge is 0.254 e. The summed E-state index contributed by atoms with van der Waals surface area (Å²) >= 11 is 0. The average Bonchev–Trinajstić information content (AvgIpc) is 3.58. The van der Waals surface area contributed by atoms with Crippen LogP contribution < -0.4 is 0 Å². The first-order valence-corrected chi connectivity index (χ1v) is 18.1. The molecule has 0 bridgehead atoms. The van der Waals surface area contributed by atoms with Gasteiger partial charge in [0.2, 0.25) is 0 Å². The third-order valence-electron chi connectivity index (χ3n) is 7.45. The van der Waals surface area contributed by atoms with E-state index in [2.05, 4.69) is 6.92 Å². The zero-order valence-electron chi connectivity index (χ0n) is 33.0. The third kappa shape index (κ3) is 29.1. The lowest BCUT2D eigenvalue weighted by Crippen LogP contribution is -2.36. The van der Waals surface area contributed by atoms with Crippen LogP contribution in [0.5, 0.6) is 0 Å². The van der Waals surface area contributed by atoms with Crippen molar-refractivity contribution in [1.82, 2.24) is 9.80 Å². The highest BCUT2D eigenvalue weighted by atomic mass is 16.5. The molecular weight excluding hydrogens is 708 g/mol. The summed E-state index contributed by atoms with van der Waals surface area (Å²) in [6, 6.07) is 0. The van der Waals surface area contributed by atoms with Crippen LogP contribution in [0.2, 0.25) is 0 Å². The molecule has 0 fully saturated rings. The molecule has 0 unspecified atom stereocenters. The second kappa shape index (κ2) is 34.5. The summed E-state index contributed by atoms with van der Waals surface area (Å²) in [5.74, 6) is -0.948. The normalized spacial score (nSPS) is 12.6. The van der Waals surface area contributed by atoms with Crippen molar-refractivity contribution in [2.75, 3.05) is 39.5 Å². The Hall–Kier alpha value is -3.97. The molecular formula is C42H74N2O11. The Labute approximate surface area is 332 Å². The fourth-order valence-corrected chi connectivity index (χ4v) is 3.82. The second-order valence-corrected chi connectivity index (χ2v) is 13.4. The number of carbonyl (C=O) groups is 9. The first-order valence-electron chi connectivity index (χ1n) is 18.1. The Bertz CT molecular complexity index is 1230. The van der Waals surface area contributed by atoms with Gasteiger partial charge in [-0.1, -0.05) is 91.5 Å². The van der Waals surface area contributed by atoms with E-state index in [-0.39, 0.29) is 82.8 Å². The maximum Gasteiger partial charge on any atom is 0.254 e. The quantitative estimate of drug-likeness (QED) is 0.0906. The van der Waals surface area contributed by atoms with Crippen molar-refractivity contribution in [2.45, 2.75) is 130 Å². The number of ketones is 5. The Morgan fingerprint density at radius 2 is 0.836 bits per heavy atom. The molecule has 2 rings (SSSR count). The van der Waals surface area contributed by atoms with Crippen LogP contribution in [0.3, 0.4) is 0 Å². The molecule has 0 spiro atoms. The van der Waals surface area contributed by atoms with Crippen molar-refractivity contribution in [3.63, 3.8) is 0 Å². The molecule has 13 nitrogen and oxygen atoms in total. The number of Topliss-reactive ketones (excluding diaryl/α,β-unsaturated/α-hetero) is 5. The monoisotopic (exact) mass is 783 g/mol. The number of rotatable bonds is 21. The van der Waals surface area contributed by atoms with Crippen LogP contribution in [0.1, 0.15) is 130 Å². The van der Waals surface area contributed by atoms with Crippen LogP contribution in [-0.4, -0.2) is 102 Å². The summed E-state index contributed by atoms with van der Waals surface area (Å²) in [5, 5.41) is 0. The van der Waals surface area contributed by atoms with Gasteiger partial charge in [-0.3, -0.25) is 53.0 Å². The van der Waals surface area contributed by atoms with Crippen molar-refractivity contribution in [2.24, 2.45) is 23.7 Å². The number of hydrogen-bond acceptors (Lipinski definition) is 11. The predicted octanol–water partition coefficient (Wildman–Crippen LogP) is 6.59. The molecule has 4 amide bonds. The first kappa shape index (κ1) is 60.3. The van der Waals surface area contributed by atoms with Gasteiger partial charge in [0.1, 0.15) is 17.3 Å². The van der Waals surface area contributed by atoms with E-state index in [1.807, 2.05) is 48.5 Å². The van der Waals surface area contributed by atoms with Crippen LogP contribution in [0.25, 0.3) is 0 Å². The summed E-state index contributed by atoms with van der Waals surface area (Å²) in [7, 11) is 0. The van der Waals surface area contributed by atoms with Crippen molar-refractivity contribution in [3.8, 4) is 0 Å². The minimum Gasteiger partial charge on any atom is -0.381 e. The Balaban J connectivity index is -0.000000213. The zero-order valence-corrected chi connectivity index (χ0v) is 33.0. The molecule has 2 heterocycles. The average molecular weight is 783 g/mol. The van der Waals surface area contributed by atoms with Crippen LogP contribution in [0, 0.1) is 23.7 Å². The molecule has 0 radical (unpaired) electrons. The van der Waals surface area contributed by atoms with Crippen LogP contribution in [0.15, 0.2) is 24.3 Å². The van der Waals surface area contributed by atoms with Crippen LogP contribution >= 0.6 is 0 Å². The second-order valence-electron chi connectivity index (χ2n) is 13.4. The molecule has 13 heteroatoms. The SMILES string of the molecule is C.C.C.CC(C)C(=O)CCOCCCC(=O)CN1C(=O)C=CC1=O.CC(C)C(=O)CN1C(=O)C=CC1=O.CCC(=O)C(C)C.CCCOCCC(=O)C(C)C. The molecule has 0 aromatic carbocycles. The summed E-state index contributed by atoms with van der Waals surface area (Å²) < 4.78 is 10.5. The van der Waals surface area contributed by atoms with Gasteiger partial charge >= 0.3 is 0 Å². The Kier molecular flexibility index (Phi) is 37.8. The number of imide groups is 2. The van der Waals surface area contributed by atoms with Gasteiger partial charge in [-0.2, -0.15) is 0 Å². The Morgan fingerprint density at radius 1 is 0.491 bits per heavy atom. The Morgan fingerprint density at radius 3 is 1.15 bits per heavy atom. The lowest BCUT2D eigenvalue weighted by atomic mass is 10.1.